The number of nitrogens with one attached hydrogen (secondary N) is 1. The third-order valence-electron chi connectivity index (χ3n) is 7.20. The van der Waals surface area contributed by atoms with Crippen LogP contribution in [-0.2, 0) is 6.54 Å². The number of benzene rings is 2. The van der Waals surface area contributed by atoms with E-state index in [0.29, 0.717) is 24.6 Å². The second kappa shape index (κ2) is 8.60. The van der Waals surface area contributed by atoms with Gasteiger partial charge in [-0.1, -0.05) is 12.1 Å². The van der Waals surface area contributed by atoms with Crippen molar-refractivity contribution in [2.24, 2.45) is 11.8 Å². The molecule has 5 nitrogen and oxygen atoms in total. The highest BCUT2D eigenvalue weighted by atomic mass is 19.2. The van der Waals surface area contributed by atoms with Gasteiger partial charge in [0.15, 0.2) is 23.1 Å². The van der Waals surface area contributed by atoms with Crippen molar-refractivity contribution in [3.05, 3.63) is 59.2 Å². The van der Waals surface area contributed by atoms with E-state index in [1.807, 2.05) is 18.2 Å². The van der Waals surface area contributed by atoms with Crippen molar-refractivity contribution in [1.82, 2.24) is 10.2 Å². The lowest BCUT2D eigenvalue weighted by molar-refractivity contribution is 0.133. The Bertz CT molecular complexity index is 1010. The highest BCUT2D eigenvalue weighted by molar-refractivity contribution is 5.75. The van der Waals surface area contributed by atoms with E-state index < -0.39 is 11.6 Å². The van der Waals surface area contributed by atoms with Crippen molar-refractivity contribution in [3.63, 3.8) is 0 Å². The van der Waals surface area contributed by atoms with Crippen molar-refractivity contribution < 1.29 is 23.0 Å². The van der Waals surface area contributed by atoms with Crippen molar-refractivity contribution in [1.29, 1.82) is 0 Å². The van der Waals surface area contributed by atoms with E-state index in [1.165, 1.54) is 25.3 Å². The number of amides is 2. The molecule has 170 valence electrons. The zero-order valence-electron chi connectivity index (χ0n) is 18.2. The molecule has 32 heavy (non-hydrogen) atoms. The summed E-state index contributed by atoms with van der Waals surface area (Å²) in [5.74, 6) is 1.14. The van der Waals surface area contributed by atoms with Crippen molar-refractivity contribution >= 4 is 6.03 Å². The van der Waals surface area contributed by atoms with Gasteiger partial charge in [-0.3, -0.25) is 0 Å². The summed E-state index contributed by atoms with van der Waals surface area (Å²) in [6, 6.07) is 9.48. The highest BCUT2D eigenvalue weighted by Crippen LogP contribution is 2.47. The number of hydrogen-bond acceptors (Lipinski definition) is 3. The SMILES string of the molecule is COc1ccc(C2CNC(=O)N(Cc3ccc(F)c(F)c3)C2)cc1O[C@H]1C[C@@H]2CC[C@H]1C2. The summed E-state index contributed by atoms with van der Waals surface area (Å²) >= 11 is 0. The van der Waals surface area contributed by atoms with Crippen LogP contribution in [0.1, 0.15) is 42.7 Å². The molecule has 1 aliphatic heterocycles. The fourth-order valence-corrected chi connectivity index (χ4v) is 5.49. The number of carbonyl (C=O) groups is 1. The van der Waals surface area contributed by atoms with Gasteiger partial charge in [0.05, 0.1) is 7.11 Å². The van der Waals surface area contributed by atoms with Crippen LogP contribution in [0.25, 0.3) is 0 Å². The maximum Gasteiger partial charge on any atom is 0.317 e. The van der Waals surface area contributed by atoms with E-state index in [4.69, 9.17) is 9.47 Å². The molecule has 2 aromatic carbocycles. The molecule has 7 heteroatoms. The number of carbonyl (C=O) groups excluding carboxylic acids is 1. The Kier molecular flexibility index (Phi) is 5.66. The molecule has 2 amide bonds. The van der Waals surface area contributed by atoms with Crippen molar-refractivity contribution in [2.45, 2.75) is 44.2 Å². The van der Waals surface area contributed by atoms with Crippen LogP contribution < -0.4 is 14.8 Å². The average Bonchev–Trinajstić information content (AvgIpc) is 3.41. The first-order valence-corrected chi connectivity index (χ1v) is 11.3. The lowest BCUT2D eigenvalue weighted by Gasteiger charge is -2.34. The van der Waals surface area contributed by atoms with Crippen LogP contribution in [0.2, 0.25) is 0 Å². The first-order chi connectivity index (χ1) is 15.5. The molecule has 0 radical (unpaired) electrons. The number of ether oxygens (including phenoxy) is 2. The minimum atomic E-state index is -0.908. The number of nitrogens with zero attached hydrogens (tertiary/aromatic N) is 1. The Morgan fingerprint density at radius 2 is 1.94 bits per heavy atom. The van der Waals surface area contributed by atoms with Crippen molar-refractivity contribution in [2.75, 3.05) is 20.2 Å². The summed E-state index contributed by atoms with van der Waals surface area (Å²) in [4.78, 5) is 14.0. The highest BCUT2D eigenvalue weighted by Gasteiger charge is 2.41. The minimum Gasteiger partial charge on any atom is -0.493 e. The Hall–Kier alpha value is -2.83. The van der Waals surface area contributed by atoms with Crippen LogP contribution in [0.3, 0.4) is 0 Å². The standard InChI is InChI=1S/C25H28F2N2O3/c1-31-22-7-5-17(11-24(22)32-23-10-15-2-4-18(23)8-15)19-12-28-25(30)29(14-19)13-16-3-6-20(26)21(27)9-16/h3,5-7,9,11,15,18-19,23H,2,4,8,10,12-14H2,1H3,(H,28,30)/t15-,18+,19?,23+/m1/s1. The fourth-order valence-electron chi connectivity index (χ4n) is 5.49. The summed E-state index contributed by atoms with van der Waals surface area (Å²) in [6.45, 7) is 1.20. The summed E-state index contributed by atoms with van der Waals surface area (Å²) in [7, 11) is 1.65. The molecule has 2 aliphatic carbocycles. The lowest BCUT2D eigenvalue weighted by Crippen LogP contribution is -2.49. The second-order valence-corrected chi connectivity index (χ2v) is 9.25. The number of rotatable bonds is 6. The van der Waals surface area contributed by atoms with E-state index >= 15 is 0 Å². The van der Waals surface area contributed by atoms with Crippen LogP contribution >= 0.6 is 0 Å². The number of methoxy groups -OCH3 is 1. The Balaban J connectivity index is 1.32. The van der Waals surface area contributed by atoms with Gasteiger partial charge in [0, 0.05) is 25.6 Å². The van der Waals surface area contributed by atoms with Gasteiger partial charge in [0.2, 0.25) is 0 Å². The van der Waals surface area contributed by atoms with Crippen LogP contribution in [0, 0.1) is 23.5 Å². The monoisotopic (exact) mass is 442 g/mol. The van der Waals surface area contributed by atoms with Gasteiger partial charge >= 0.3 is 6.03 Å². The van der Waals surface area contributed by atoms with E-state index in [0.717, 1.165) is 41.5 Å². The molecule has 0 aromatic heterocycles. The Labute approximate surface area is 186 Å². The molecule has 5 rings (SSSR count). The van der Waals surface area contributed by atoms with Crippen LogP contribution in [0.4, 0.5) is 13.6 Å². The predicted octanol–water partition coefficient (Wildman–Crippen LogP) is 4.85. The Morgan fingerprint density at radius 1 is 1.06 bits per heavy atom. The number of halogens is 2. The minimum absolute atomic E-state index is 0.0475. The fraction of sp³-hybridized carbons (Fsp3) is 0.480. The van der Waals surface area contributed by atoms with Gasteiger partial charge in [0.25, 0.3) is 0 Å². The smallest absolute Gasteiger partial charge is 0.317 e. The molecule has 1 heterocycles. The number of fused-ring (bicyclic) bond motifs is 2. The predicted molar refractivity (Wildman–Crippen MR) is 116 cm³/mol. The van der Waals surface area contributed by atoms with Crippen LogP contribution in [0.5, 0.6) is 11.5 Å². The maximum absolute atomic E-state index is 13.6. The molecule has 3 fully saturated rings. The van der Waals surface area contributed by atoms with E-state index in [1.54, 1.807) is 12.0 Å². The normalized spacial score (nSPS) is 26.8. The van der Waals surface area contributed by atoms with Gasteiger partial charge in [-0.15, -0.1) is 0 Å². The average molecular weight is 443 g/mol. The molecule has 2 aromatic rings. The molecule has 2 saturated carbocycles. The zero-order valence-corrected chi connectivity index (χ0v) is 18.2. The van der Waals surface area contributed by atoms with Gasteiger partial charge in [-0.25, -0.2) is 13.6 Å². The molecule has 1 unspecified atom stereocenters. The molecule has 1 saturated heterocycles. The van der Waals surface area contributed by atoms with Gasteiger partial charge in [-0.2, -0.15) is 0 Å². The summed E-state index contributed by atoms with van der Waals surface area (Å²) in [6.07, 6.45) is 5.18. The number of hydrogen-bond donors (Lipinski definition) is 1. The molecule has 2 bridgehead atoms. The molecular formula is C25H28F2N2O3. The molecule has 0 spiro atoms. The largest absolute Gasteiger partial charge is 0.493 e. The maximum atomic E-state index is 13.6. The molecule has 1 N–H and O–H groups in total. The summed E-state index contributed by atoms with van der Waals surface area (Å²) in [5, 5.41) is 2.92. The molecule has 3 aliphatic rings. The Morgan fingerprint density at radius 3 is 2.66 bits per heavy atom. The van der Waals surface area contributed by atoms with Gasteiger partial charge in [-0.05, 0) is 72.9 Å². The third-order valence-corrected chi connectivity index (χ3v) is 7.20. The van der Waals surface area contributed by atoms with Gasteiger partial charge in [0.1, 0.15) is 6.10 Å². The second-order valence-electron chi connectivity index (χ2n) is 9.25. The first kappa shape index (κ1) is 21.0. The quantitative estimate of drug-likeness (QED) is 0.696. The topological polar surface area (TPSA) is 50.8 Å². The van der Waals surface area contributed by atoms with E-state index in [-0.39, 0.29) is 24.6 Å². The van der Waals surface area contributed by atoms with Crippen LogP contribution in [0.15, 0.2) is 36.4 Å². The number of urea groups is 1. The van der Waals surface area contributed by atoms with Gasteiger partial charge < -0.3 is 19.7 Å². The van der Waals surface area contributed by atoms with Crippen LogP contribution in [-0.4, -0.2) is 37.2 Å². The van der Waals surface area contributed by atoms with E-state index in [2.05, 4.69) is 5.32 Å². The van der Waals surface area contributed by atoms with E-state index in [9.17, 15) is 13.6 Å². The lowest BCUT2D eigenvalue weighted by atomic mass is 9.95. The molecule has 4 atom stereocenters. The third kappa shape index (κ3) is 4.12. The summed E-state index contributed by atoms with van der Waals surface area (Å²) in [5.41, 5.74) is 1.61. The molecular weight excluding hydrogens is 414 g/mol. The zero-order chi connectivity index (χ0) is 22.2. The van der Waals surface area contributed by atoms with Crippen molar-refractivity contribution in [3.8, 4) is 11.5 Å². The first-order valence-electron chi connectivity index (χ1n) is 11.3. The summed E-state index contributed by atoms with van der Waals surface area (Å²) < 4.78 is 38.8.